The molecule has 0 saturated carbocycles. The van der Waals surface area contributed by atoms with Crippen LogP contribution < -0.4 is 0 Å². The molecule has 2 aromatic heterocycles. The Labute approximate surface area is 93.7 Å². The Bertz CT molecular complexity index is 476. The van der Waals surface area contributed by atoms with Crippen LogP contribution in [0.15, 0.2) is 24.5 Å². The van der Waals surface area contributed by atoms with Gasteiger partial charge in [0.25, 0.3) is 0 Å². The zero-order chi connectivity index (χ0) is 10.8. The first-order valence-corrected chi connectivity index (χ1v) is 5.25. The molecule has 2 aromatic rings. The quantitative estimate of drug-likeness (QED) is 0.730. The molecular weight excluding hydrogens is 210 g/mol. The lowest BCUT2D eigenvalue weighted by atomic mass is 10.1. The second-order valence-electron chi connectivity index (χ2n) is 3.48. The fourth-order valence-corrected chi connectivity index (χ4v) is 1.74. The molecule has 0 unspecified atom stereocenters. The highest BCUT2D eigenvalue weighted by atomic mass is 35.5. The van der Waals surface area contributed by atoms with Gasteiger partial charge in [0.05, 0.1) is 17.8 Å². The highest BCUT2D eigenvalue weighted by molar-refractivity contribution is 6.17. The molecule has 0 atom stereocenters. The Hall–Kier alpha value is -1.35. The number of pyridine rings is 1. The summed E-state index contributed by atoms with van der Waals surface area (Å²) in [6, 6.07) is 4.02. The summed E-state index contributed by atoms with van der Waals surface area (Å²) in [6.07, 6.45) is 3.78. The maximum Gasteiger partial charge on any atom is 0.0653 e. The Balaban J connectivity index is 2.52. The molecule has 0 aromatic carbocycles. The number of aromatic nitrogens is 3. The fraction of sp³-hybridized carbons (Fsp3) is 0.273. The monoisotopic (exact) mass is 221 g/mol. The number of nitrogens with zero attached hydrogens (tertiary/aromatic N) is 3. The maximum atomic E-state index is 5.87. The molecule has 0 spiro atoms. The molecule has 78 valence electrons. The number of alkyl halides is 1. The molecule has 2 heterocycles. The lowest BCUT2D eigenvalue weighted by Crippen LogP contribution is -1.92. The van der Waals surface area contributed by atoms with Crippen molar-refractivity contribution < 1.29 is 0 Å². The van der Waals surface area contributed by atoms with E-state index in [1.165, 1.54) is 0 Å². The van der Waals surface area contributed by atoms with E-state index in [1.807, 2.05) is 38.5 Å². The van der Waals surface area contributed by atoms with Gasteiger partial charge in [0, 0.05) is 30.1 Å². The van der Waals surface area contributed by atoms with Crippen molar-refractivity contribution in [1.29, 1.82) is 0 Å². The zero-order valence-corrected chi connectivity index (χ0v) is 9.49. The van der Waals surface area contributed by atoms with Crippen molar-refractivity contribution >= 4 is 11.6 Å². The molecule has 3 nitrogen and oxygen atoms in total. The van der Waals surface area contributed by atoms with Crippen molar-refractivity contribution in [3.05, 3.63) is 35.9 Å². The maximum absolute atomic E-state index is 5.87. The van der Waals surface area contributed by atoms with Crippen LogP contribution in [0.25, 0.3) is 11.1 Å². The molecule has 15 heavy (non-hydrogen) atoms. The molecule has 0 amide bonds. The van der Waals surface area contributed by atoms with E-state index in [2.05, 4.69) is 10.1 Å². The standard InChI is InChI=1S/C11H12ClN3/c1-8-3-4-10(11(5-12)14-8)9-6-13-15(2)7-9/h3-4,6-7H,5H2,1-2H3. The molecule has 0 fully saturated rings. The Morgan fingerprint density at radius 1 is 1.40 bits per heavy atom. The minimum atomic E-state index is 0.423. The third kappa shape index (κ3) is 2.02. The molecule has 0 aliphatic rings. The predicted molar refractivity (Wildman–Crippen MR) is 60.7 cm³/mol. The summed E-state index contributed by atoms with van der Waals surface area (Å²) in [6.45, 7) is 1.96. The summed E-state index contributed by atoms with van der Waals surface area (Å²) >= 11 is 5.87. The molecule has 0 aliphatic heterocycles. The van der Waals surface area contributed by atoms with Crippen molar-refractivity contribution in [1.82, 2.24) is 14.8 Å². The van der Waals surface area contributed by atoms with Gasteiger partial charge in [0.1, 0.15) is 0 Å². The summed E-state index contributed by atoms with van der Waals surface area (Å²) in [4.78, 5) is 4.41. The average molecular weight is 222 g/mol. The van der Waals surface area contributed by atoms with E-state index in [4.69, 9.17) is 11.6 Å². The highest BCUT2D eigenvalue weighted by Crippen LogP contribution is 2.23. The van der Waals surface area contributed by atoms with Crippen molar-refractivity contribution in [2.24, 2.45) is 7.05 Å². The lowest BCUT2D eigenvalue weighted by molar-refractivity contribution is 0.768. The summed E-state index contributed by atoms with van der Waals surface area (Å²) in [5.41, 5.74) is 4.01. The van der Waals surface area contributed by atoms with Crippen LogP contribution in [0.2, 0.25) is 0 Å². The van der Waals surface area contributed by atoms with E-state index in [0.29, 0.717) is 5.88 Å². The van der Waals surface area contributed by atoms with Crippen LogP contribution in [0.3, 0.4) is 0 Å². The van der Waals surface area contributed by atoms with Gasteiger partial charge in [0.2, 0.25) is 0 Å². The molecule has 2 rings (SSSR count). The third-order valence-corrected chi connectivity index (χ3v) is 2.51. The highest BCUT2D eigenvalue weighted by Gasteiger charge is 2.07. The first kappa shape index (κ1) is 10.2. The van der Waals surface area contributed by atoms with Crippen molar-refractivity contribution in [2.45, 2.75) is 12.8 Å². The Morgan fingerprint density at radius 3 is 2.80 bits per heavy atom. The van der Waals surface area contributed by atoms with Crippen LogP contribution in [0.4, 0.5) is 0 Å². The molecule has 0 aliphatic carbocycles. The van der Waals surface area contributed by atoms with Gasteiger partial charge in [-0.1, -0.05) is 6.07 Å². The zero-order valence-electron chi connectivity index (χ0n) is 8.74. The van der Waals surface area contributed by atoms with Crippen molar-refractivity contribution in [2.75, 3.05) is 0 Å². The molecule has 4 heteroatoms. The van der Waals surface area contributed by atoms with Gasteiger partial charge >= 0.3 is 0 Å². The molecular formula is C11H12ClN3. The first-order chi connectivity index (χ1) is 7.20. The van der Waals surface area contributed by atoms with Crippen LogP contribution in [0.5, 0.6) is 0 Å². The van der Waals surface area contributed by atoms with Crippen molar-refractivity contribution in [3.63, 3.8) is 0 Å². The number of hydrogen-bond donors (Lipinski definition) is 0. The Kier molecular flexibility index (Phi) is 2.73. The topological polar surface area (TPSA) is 30.7 Å². The number of rotatable bonds is 2. The van der Waals surface area contributed by atoms with Gasteiger partial charge in [0.15, 0.2) is 0 Å². The third-order valence-electron chi connectivity index (χ3n) is 2.26. The van der Waals surface area contributed by atoms with E-state index in [1.54, 1.807) is 4.68 Å². The minimum absolute atomic E-state index is 0.423. The van der Waals surface area contributed by atoms with Crippen LogP contribution >= 0.6 is 11.6 Å². The molecule has 0 N–H and O–H groups in total. The van der Waals surface area contributed by atoms with Crippen LogP contribution in [-0.4, -0.2) is 14.8 Å². The van der Waals surface area contributed by atoms with Gasteiger partial charge in [-0.3, -0.25) is 9.67 Å². The number of halogens is 1. The summed E-state index contributed by atoms with van der Waals surface area (Å²) in [5.74, 6) is 0.423. The van der Waals surface area contributed by atoms with Crippen LogP contribution in [0.1, 0.15) is 11.4 Å². The van der Waals surface area contributed by atoms with Gasteiger partial charge in [-0.2, -0.15) is 5.10 Å². The second kappa shape index (κ2) is 4.03. The lowest BCUT2D eigenvalue weighted by Gasteiger charge is -2.04. The molecule has 0 bridgehead atoms. The van der Waals surface area contributed by atoms with Crippen molar-refractivity contribution in [3.8, 4) is 11.1 Å². The number of aryl methyl sites for hydroxylation is 2. The van der Waals surface area contributed by atoms with E-state index < -0.39 is 0 Å². The van der Waals surface area contributed by atoms with Gasteiger partial charge in [-0.15, -0.1) is 11.6 Å². The largest absolute Gasteiger partial charge is 0.275 e. The van der Waals surface area contributed by atoms with E-state index in [-0.39, 0.29) is 0 Å². The minimum Gasteiger partial charge on any atom is -0.275 e. The molecule has 0 saturated heterocycles. The van der Waals surface area contributed by atoms with E-state index in [0.717, 1.165) is 22.5 Å². The van der Waals surface area contributed by atoms with Crippen LogP contribution in [-0.2, 0) is 12.9 Å². The van der Waals surface area contributed by atoms with Crippen LogP contribution in [0, 0.1) is 6.92 Å². The predicted octanol–water partition coefficient (Wildman–Crippen LogP) is 2.53. The summed E-state index contributed by atoms with van der Waals surface area (Å²) < 4.78 is 1.77. The number of hydrogen-bond acceptors (Lipinski definition) is 2. The first-order valence-electron chi connectivity index (χ1n) is 4.72. The Morgan fingerprint density at radius 2 is 2.20 bits per heavy atom. The van der Waals surface area contributed by atoms with E-state index >= 15 is 0 Å². The fourth-order valence-electron chi connectivity index (χ4n) is 1.54. The van der Waals surface area contributed by atoms with Gasteiger partial charge in [-0.05, 0) is 13.0 Å². The SMILES string of the molecule is Cc1ccc(-c2cnn(C)c2)c(CCl)n1. The normalized spacial score (nSPS) is 10.6. The summed E-state index contributed by atoms with van der Waals surface area (Å²) in [5, 5.41) is 4.14. The molecule has 0 radical (unpaired) electrons. The second-order valence-corrected chi connectivity index (χ2v) is 3.75. The smallest absolute Gasteiger partial charge is 0.0653 e. The summed E-state index contributed by atoms with van der Waals surface area (Å²) in [7, 11) is 1.89. The van der Waals surface area contributed by atoms with Gasteiger partial charge < -0.3 is 0 Å². The average Bonchev–Trinajstić information content (AvgIpc) is 2.64. The van der Waals surface area contributed by atoms with Gasteiger partial charge in [-0.25, -0.2) is 0 Å². The van der Waals surface area contributed by atoms with E-state index in [9.17, 15) is 0 Å².